The monoisotopic (exact) mass is 584 g/mol. The molecule has 2 aliphatic rings. The number of primary amides is 1. The number of carbonyl (C=O) groups is 1. The lowest BCUT2D eigenvalue weighted by atomic mass is 10.1. The molecule has 0 fully saturated rings. The van der Waals surface area contributed by atoms with Crippen LogP contribution in [0.25, 0.3) is 5.69 Å². The maximum absolute atomic E-state index is 13.1. The van der Waals surface area contributed by atoms with Crippen LogP contribution in [0.4, 0.5) is 27.8 Å². The Morgan fingerprint density at radius 3 is 2.32 bits per heavy atom. The molecule has 3 rings (SSSR count). The number of nitrogens with two attached hydrogens (primary N) is 1. The zero-order valence-corrected chi connectivity index (χ0v) is 21.8. The van der Waals surface area contributed by atoms with Crippen molar-refractivity contribution in [1.29, 1.82) is 0 Å². The predicted molar refractivity (Wildman–Crippen MR) is 130 cm³/mol. The van der Waals surface area contributed by atoms with Crippen molar-refractivity contribution in [1.82, 2.24) is 9.55 Å². The average Bonchev–Trinajstić information content (AvgIpc) is 3.11. The Labute approximate surface area is 216 Å². The van der Waals surface area contributed by atoms with Crippen LogP contribution in [0.3, 0.4) is 0 Å². The van der Waals surface area contributed by atoms with Crippen LogP contribution in [-0.2, 0) is 10.0 Å². The molecule has 0 unspecified atom stereocenters. The van der Waals surface area contributed by atoms with Gasteiger partial charge in [0.25, 0.3) is 10.0 Å². The Bertz CT molecular complexity index is 1430. The number of carbonyl (C=O) groups excluding carboxylic acids is 1. The third-order valence-corrected chi connectivity index (χ3v) is 9.23. The van der Waals surface area contributed by atoms with E-state index < -0.39 is 46.6 Å². The molecule has 2 aliphatic heterocycles. The molecule has 0 atom stereocenters. The number of hydrogen-bond donors (Lipinski definition) is 2. The average molecular weight is 585 g/mol. The fourth-order valence-corrected chi connectivity index (χ4v) is 6.76. The van der Waals surface area contributed by atoms with Crippen LogP contribution in [-0.4, -0.2) is 41.7 Å². The van der Waals surface area contributed by atoms with Gasteiger partial charge in [-0.3, -0.25) is 14.1 Å². The predicted octanol–water partition coefficient (Wildman–Crippen LogP) is 4.71. The molecule has 0 bridgehead atoms. The highest BCUT2D eigenvalue weighted by Crippen LogP contribution is 2.41. The summed E-state index contributed by atoms with van der Waals surface area (Å²) in [5.41, 5.74) is 5.14. The smallest absolute Gasteiger partial charge is 0.366 e. The molecule has 3 N–H and O–H groups in total. The Kier molecular flexibility index (Phi) is 8.24. The van der Waals surface area contributed by atoms with Crippen molar-refractivity contribution in [2.24, 2.45) is 5.73 Å². The molecule has 0 saturated carbocycles. The minimum Gasteiger partial charge on any atom is -0.366 e. The van der Waals surface area contributed by atoms with E-state index in [1.54, 1.807) is 13.8 Å². The zero-order valence-electron chi connectivity index (χ0n) is 19.4. The van der Waals surface area contributed by atoms with Crippen molar-refractivity contribution in [2.75, 3.05) is 10.5 Å². The normalized spacial score (nSPS) is 12.7. The molecule has 1 aromatic rings. The maximum Gasteiger partial charge on any atom is 0.453 e. The summed E-state index contributed by atoms with van der Waals surface area (Å²) in [5, 5.41) is 0. The SMILES string of the molecule is Cc1sc(SCCCCC(F)(F)C(F)(F)F)c2c(NS(=O)(=O)c3ccc(C(N)=O)cc3)nc(=O)n-2c1C. The van der Waals surface area contributed by atoms with E-state index in [1.165, 1.54) is 28.0 Å². The van der Waals surface area contributed by atoms with Crippen molar-refractivity contribution >= 4 is 44.8 Å². The summed E-state index contributed by atoms with van der Waals surface area (Å²) in [7, 11) is -4.24. The number of fused-ring (bicyclic) bond motifs is 1. The second-order valence-electron chi connectivity index (χ2n) is 7.96. The van der Waals surface area contributed by atoms with Gasteiger partial charge in [0.2, 0.25) is 5.91 Å². The van der Waals surface area contributed by atoms with E-state index in [-0.39, 0.29) is 34.1 Å². The van der Waals surface area contributed by atoms with Gasteiger partial charge in [-0.25, -0.2) is 13.2 Å². The highest BCUT2D eigenvalue weighted by Gasteiger charge is 2.56. The molecule has 202 valence electrons. The van der Waals surface area contributed by atoms with Crippen LogP contribution >= 0.6 is 23.1 Å². The molecule has 1 amide bonds. The molecule has 8 nitrogen and oxygen atoms in total. The summed E-state index contributed by atoms with van der Waals surface area (Å²) in [5.74, 6) is -5.65. The number of anilines is 1. The number of hydrogen-bond acceptors (Lipinski definition) is 7. The van der Waals surface area contributed by atoms with Crippen molar-refractivity contribution < 1.29 is 35.2 Å². The number of amides is 1. The summed E-state index contributed by atoms with van der Waals surface area (Å²) in [6.45, 7) is 3.35. The van der Waals surface area contributed by atoms with E-state index in [1.807, 2.05) is 0 Å². The fourth-order valence-electron chi connectivity index (χ4n) is 3.23. The van der Waals surface area contributed by atoms with Crippen LogP contribution in [0.5, 0.6) is 0 Å². The number of alkyl halides is 5. The summed E-state index contributed by atoms with van der Waals surface area (Å²) in [4.78, 5) is 28.2. The molecule has 1 aromatic carbocycles. The molecule has 0 aromatic heterocycles. The number of benzene rings is 1. The number of thioether (sulfide) groups is 1. The third kappa shape index (κ3) is 6.23. The van der Waals surface area contributed by atoms with Gasteiger partial charge in [0, 0.05) is 22.6 Å². The van der Waals surface area contributed by atoms with E-state index >= 15 is 0 Å². The Morgan fingerprint density at radius 2 is 1.76 bits per heavy atom. The molecule has 0 aliphatic carbocycles. The molecule has 0 saturated heterocycles. The number of unbranched alkanes of at least 4 members (excludes halogenated alkanes) is 1. The van der Waals surface area contributed by atoms with Crippen LogP contribution < -0.4 is 16.1 Å². The summed E-state index contributed by atoms with van der Waals surface area (Å²) in [6.07, 6.45) is -7.33. The Morgan fingerprint density at radius 1 is 1.14 bits per heavy atom. The lowest BCUT2D eigenvalue weighted by Crippen LogP contribution is -2.36. The minimum atomic E-state index is -5.61. The Hall–Kier alpha value is -2.72. The second kappa shape index (κ2) is 10.6. The number of nitrogens with zero attached hydrogens (tertiary/aromatic N) is 2. The van der Waals surface area contributed by atoms with Gasteiger partial charge >= 0.3 is 17.8 Å². The van der Waals surface area contributed by atoms with Crippen molar-refractivity contribution in [3.05, 3.63) is 50.9 Å². The van der Waals surface area contributed by atoms with Gasteiger partial charge < -0.3 is 5.73 Å². The first kappa shape index (κ1) is 28.8. The highest BCUT2D eigenvalue weighted by atomic mass is 32.2. The van der Waals surface area contributed by atoms with Gasteiger partial charge in [-0.1, -0.05) is 0 Å². The van der Waals surface area contributed by atoms with E-state index in [9.17, 15) is 40.0 Å². The number of aromatic nitrogens is 2. The molecule has 16 heteroatoms. The van der Waals surface area contributed by atoms with Gasteiger partial charge in [0.15, 0.2) is 5.82 Å². The minimum absolute atomic E-state index is 0.0216. The topological polar surface area (TPSA) is 124 Å². The maximum atomic E-state index is 13.1. The standard InChI is InChI=1S/C21H21F5N4O4S3/c1-11-12(2)36-18(35-10-4-3-9-20(22,23)21(24,25)26)15-17(28-19(32)30(11)15)29-37(33,34)14-7-5-13(6-8-14)16(27)31/h5-8H,3-4,9-10H2,1-2H3,(H2,27,31)(H,28,29,32). The summed E-state index contributed by atoms with van der Waals surface area (Å²) >= 11 is 2.30. The van der Waals surface area contributed by atoms with E-state index in [0.29, 0.717) is 14.8 Å². The van der Waals surface area contributed by atoms with Crippen molar-refractivity contribution in [3.63, 3.8) is 0 Å². The largest absolute Gasteiger partial charge is 0.453 e. The van der Waals surface area contributed by atoms with Gasteiger partial charge in [-0.15, -0.1) is 23.1 Å². The molecular formula is C21H21F5N4O4S3. The number of aryl methyl sites for hydroxylation is 1. The number of sulfonamides is 1. The van der Waals surface area contributed by atoms with Crippen LogP contribution in [0.2, 0.25) is 0 Å². The van der Waals surface area contributed by atoms with Gasteiger partial charge in [0.1, 0.15) is 5.69 Å². The zero-order chi connectivity index (χ0) is 27.8. The van der Waals surface area contributed by atoms with Gasteiger partial charge in [0.05, 0.1) is 9.10 Å². The number of nitrogens with one attached hydrogen (secondary N) is 1. The van der Waals surface area contributed by atoms with Crippen LogP contribution in [0.15, 0.2) is 38.2 Å². The van der Waals surface area contributed by atoms with E-state index in [2.05, 4.69) is 9.71 Å². The number of imidazole rings is 1. The summed E-state index contributed by atoms with van der Waals surface area (Å²) < 4.78 is 93.1. The molecule has 0 spiro atoms. The van der Waals surface area contributed by atoms with Crippen LogP contribution in [0.1, 0.15) is 40.2 Å². The first-order chi connectivity index (χ1) is 17.0. The molecule has 2 heterocycles. The third-order valence-electron chi connectivity index (χ3n) is 5.34. The lowest BCUT2D eigenvalue weighted by Gasteiger charge is -2.19. The second-order valence-corrected chi connectivity index (χ2v) is 12.2. The molecular weight excluding hydrogens is 563 g/mol. The number of halogens is 5. The molecule has 37 heavy (non-hydrogen) atoms. The first-order valence-electron chi connectivity index (χ1n) is 10.6. The van der Waals surface area contributed by atoms with Gasteiger partial charge in [-0.2, -0.15) is 26.9 Å². The van der Waals surface area contributed by atoms with Crippen LogP contribution in [0, 0.1) is 13.8 Å². The fraction of sp³-hybridized carbons (Fsp3) is 0.381. The van der Waals surface area contributed by atoms with Crippen molar-refractivity contribution in [3.8, 4) is 5.69 Å². The highest BCUT2D eigenvalue weighted by molar-refractivity contribution is 8.01. The molecule has 0 radical (unpaired) electrons. The van der Waals surface area contributed by atoms with Crippen molar-refractivity contribution in [2.45, 2.75) is 54.3 Å². The number of rotatable bonds is 10. The Balaban J connectivity index is 1.86. The lowest BCUT2D eigenvalue weighted by molar-refractivity contribution is -0.284. The van der Waals surface area contributed by atoms with Gasteiger partial charge in [-0.05, 0) is 56.7 Å². The van der Waals surface area contributed by atoms with E-state index in [0.717, 1.165) is 23.9 Å². The summed E-state index contributed by atoms with van der Waals surface area (Å²) in [6, 6.07) is 4.76. The first-order valence-corrected chi connectivity index (χ1v) is 13.9. The quantitative estimate of drug-likeness (QED) is 0.202. The van der Waals surface area contributed by atoms with E-state index in [4.69, 9.17) is 5.73 Å².